The molecule has 104 valence electrons. The predicted octanol–water partition coefficient (Wildman–Crippen LogP) is 2.34. The number of hydrogen-bond donors (Lipinski definition) is 1. The van der Waals surface area contributed by atoms with E-state index in [0.717, 1.165) is 4.31 Å². The summed E-state index contributed by atoms with van der Waals surface area (Å²) >= 11 is 8.97. The molecule has 0 aliphatic carbocycles. The summed E-state index contributed by atoms with van der Waals surface area (Å²) in [6.07, 6.45) is 0.862. The summed E-state index contributed by atoms with van der Waals surface area (Å²) < 4.78 is 26.4. The molecule has 1 aromatic carbocycles. The summed E-state index contributed by atoms with van der Waals surface area (Å²) in [5.41, 5.74) is 0. The average molecular weight is 369 g/mol. The third kappa shape index (κ3) is 2.79. The number of sulfonamides is 1. The van der Waals surface area contributed by atoms with E-state index in [0.29, 0.717) is 17.3 Å². The molecule has 1 N–H and O–H groups in total. The highest BCUT2D eigenvalue weighted by molar-refractivity contribution is 9.10. The number of benzene rings is 1. The van der Waals surface area contributed by atoms with Crippen LogP contribution in [0.5, 0.6) is 0 Å². The lowest BCUT2D eigenvalue weighted by Gasteiger charge is -2.21. The number of carbonyl (C=O) groups is 1. The largest absolute Gasteiger partial charge is 0.480 e. The topological polar surface area (TPSA) is 74.7 Å². The van der Waals surface area contributed by atoms with Crippen molar-refractivity contribution < 1.29 is 18.3 Å². The molecule has 1 aliphatic rings. The fourth-order valence-electron chi connectivity index (χ4n) is 2.08. The van der Waals surface area contributed by atoms with Crippen molar-refractivity contribution in [2.24, 2.45) is 0 Å². The third-order valence-electron chi connectivity index (χ3n) is 2.97. The summed E-state index contributed by atoms with van der Waals surface area (Å²) in [5.74, 6) is -1.13. The van der Waals surface area contributed by atoms with Gasteiger partial charge in [-0.25, -0.2) is 8.42 Å². The van der Waals surface area contributed by atoms with E-state index in [-0.39, 0.29) is 16.5 Å². The molecule has 1 aromatic rings. The molecule has 1 heterocycles. The van der Waals surface area contributed by atoms with Gasteiger partial charge in [-0.05, 0) is 47.0 Å². The van der Waals surface area contributed by atoms with Crippen LogP contribution >= 0.6 is 27.5 Å². The van der Waals surface area contributed by atoms with Gasteiger partial charge in [0.05, 0.1) is 4.90 Å². The van der Waals surface area contributed by atoms with Crippen LogP contribution < -0.4 is 0 Å². The lowest BCUT2D eigenvalue weighted by Crippen LogP contribution is -2.40. The van der Waals surface area contributed by atoms with Crippen molar-refractivity contribution in [3.63, 3.8) is 0 Å². The first kappa shape index (κ1) is 14.8. The van der Waals surface area contributed by atoms with E-state index in [9.17, 15) is 13.2 Å². The van der Waals surface area contributed by atoms with Gasteiger partial charge < -0.3 is 5.11 Å². The zero-order valence-corrected chi connectivity index (χ0v) is 12.9. The van der Waals surface area contributed by atoms with Crippen LogP contribution in [0.25, 0.3) is 0 Å². The van der Waals surface area contributed by atoms with E-state index in [4.69, 9.17) is 16.7 Å². The second kappa shape index (κ2) is 5.40. The van der Waals surface area contributed by atoms with Crippen molar-refractivity contribution in [2.45, 2.75) is 23.8 Å². The first-order valence-electron chi connectivity index (χ1n) is 5.54. The Labute approximate surface area is 124 Å². The van der Waals surface area contributed by atoms with Gasteiger partial charge in [0.15, 0.2) is 0 Å². The van der Waals surface area contributed by atoms with Crippen molar-refractivity contribution in [2.75, 3.05) is 6.54 Å². The number of rotatable bonds is 3. The summed E-state index contributed by atoms with van der Waals surface area (Å²) in [6.45, 7) is 0.207. The number of carboxylic acids is 1. The lowest BCUT2D eigenvalue weighted by atomic mass is 10.2. The SMILES string of the molecule is O=C(O)[C@@H]1CCCN1S(=O)(=O)c1cc(Cl)ccc1Br. The number of carboxylic acid groups (broad SMARTS) is 1. The summed E-state index contributed by atoms with van der Waals surface area (Å²) in [6, 6.07) is 3.40. The molecule has 5 nitrogen and oxygen atoms in total. The van der Waals surface area contributed by atoms with Gasteiger partial charge in [0.1, 0.15) is 6.04 Å². The van der Waals surface area contributed by atoms with Crippen LogP contribution in [0.1, 0.15) is 12.8 Å². The molecule has 2 rings (SSSR count). The Morgan fingerprint density at radius 2 is 2.16 bits per heavy atom. The Bertz CT molecular complexity index is 619. The van der Waals surface area contributed by atoms with Gasteiger partial charge in [0, 0.05) is 16.0 Å². The van der Waals surface area contributed by atoms with E-state index < -0.39 is 22.0 Å². The molecule has 1 atom stereocenters. The Balaban J connectivity index is 2.48. The smallest absolute Gasteiger partial charge is 0.322 e. The molecule has 0 unspecified atom stereocenters. The molecule has 0 amide bonds. The van der Waals surface area contributed by atoms with Gasteiger partial charge in [0.2, 0.25) is 10.0 Å². The van der Waals surface area contributed by atoms with Crippen LogP contribution in [0.15, 0.2) is 27.6 Å². The second-order valence-corrected chi connectivity index (χ2v) is 7.34. The summed E-state index contributed by atoms with van der Waals surface area (Å²) in [7, 11) is -3.86. The Morgan fingerprint density at radius 3 is 2.79 bits per heavy atom. The molecular formula is C11H11BrClNO4S. The quantitative estimate of drug-likeness (QED) is 0.888. The maximum absolute atomic E-state index is 12.5. The highest BCUT2D eigenvalue weighted by atomic mass is 79.9. The minimum absolute atomic E-state index is 0.00634. The molecule has 0 radical (unpaired) electrons. The average Bonchev–Trinajstić information content (AvgIpc) is 2.82. The molecule has 1 aliphatic heterocycles. The number of hydrogen-bond acceptors (Lipinski definition) is 3. The van der Waals surface area contributed by atoms with Crippen molar-refractivity contribution in [3.8, 4) is 0 Å². The molecule has 1 fully saturated rings. The minimum atomic E-state index is -3.86. The molecule has 0 saturated carbocycles. The molecular weight excluding hydrogens is 358 g/mol. The minimum Gasteiger partial charge on any atom is -0.480 e. The summed E-state index contributed by atoms with van der Waals surface area (Å²) in [5, 5.41) is 9.36. The standard InChI is InChI=1S/C11H11BrClNO4S/c12-8-4-3-7(13)6-10(8)19(17,18)14-5-1-2-9(14)11(15)16/h3-4,6,9H,1-2,5H2,(H,15,16)/t9-/m0/s1. The van der Waals surface area contributed by atoms with Gasteiger partial charge in [-0.2, -0.15) is 4.31 Å². The molecule has 1 saturated heterocycles. The van der Waals surface area contributed by atoms with Crippen molar-refractivity contribution in [3.05, 3.63) is 27.7 Å². The van der Waals surface area contributed by atoms with E-state index in [1.165, 1.54) is 12.1 Å². The Morgan fingerprint density at radius 1 is 1.47 bits per heavy atom. The zero-order valence-electron chi connectivity index (χ0n) is 9.71. The van der Waals surface area contributed by atoms with Gasteiger partial charge in [-0.15, -0.1) is 0 Å². The maximum atomic E-state index is 12.5. The Kier molecular flexibility index (Phi) is 4.20. The van der Waals surface area contributed by atoms with E-state index >= 15 is 0 Å². The lowest BCUT2D eigenvalue weighted by molar-refractivity contribution is -0.140. The molecule has 0 bridgehead atoms. The fraction of sp³-hybridized carbons (Fsp3) is 0.364. The maximum Gasteiger partial charge on any atom is 0.322 e. The van der Waals surface area contributed by atoms with Crippen molar-refractivity contribution in [1.29, 1.82) is 0 Å². The van der Waals surface area contributed by atoms with Crippen LogP contribution in [-0.2, 0) is 14.8 Å². The van der Waals surface area contributed by atoms with Gasteiger partial charge in [0.25, 0.3) is 0 Å². The second-order valence-electron chi connectivity index (χ2n) is 4.19. The van der Waals surface area contributed by atoms with Gasteiger partial charge >= 0.3 is 5.97 Å². The van der Waals surface area contributed by atoms with E-state index in [1.807, 2.05) is 0 Å². The summed E-state index contributed by atoms with van der Waals surface area (Å²) in [4.78, 5) is 11.1. The highest BCUT2D eigenvalue weighted by Crippen LogP contribution is 2.32. The molecule has 0 spiro atoms. The van der Waals surface area contributed by atoms with Crippen LogP contribution in [0.4, 0.5) is 0 Å². The number of aliphatic carboxylic acids is 1. The Hall–Kier alpha value is -0.630. The van der Waals surface area contributed by atoms with Gasteiger partial charge in [-0.1, -0.05) is 11.6 Å². The molecule has 0 aromatic heterocycles. The van der Waals surface area contributed by atoms with E-state index in [2.05, 4.69) is 15.9 Å². The molecule has 8 heteroatoms. The first-order chi connectivity index (χ1) is 8.84. The van der Waals surface area contributed by atoms with Gasteiger partial charge in [-0.3, -0.25) is 4.79 Å². The molecule has 19 heavy (non-hydrogen) atoms. The van der Waals surface area contributed by atoms with Crippen LogP contribution in [0, 0.1) is 0 Å². The number of halogens is 2. The van der Waals surface area contributed by atoms with Crippen LogP contribution in [-0.4, -0.2) is 36.4 Å². The fourth-order valence-corrected chi connectivity index (χ4v) is 4.92. The number of nitrogens with zero attached hydrogens (tertiary/aromatic N) is 1. The predicted molar refractivity (Wildman–Crippen MR) is 73.7 cm³/mol. The third-order valence-corrected chi connectivity index (χ3v) is 6.11. The first-order valence-corrected chi connectivity index (χ1v) is 8.15. The zero-order chi connectivity index (χ0) is 14.2. The van der Waals surface area contributed by atoms with Crippen LogP contribution in [0.3, 0.4) is 0 Å². The normalized spacial score (nSPS) is 20.6. The van der Waals surface area contributed by atoms with Crippen molar-refractivity contribution >= 4 is 43.5 Å². The van der Waals surface area contributed by atoms with Crippen LogP contribution in [0.2, 0.25) is 5.02 Å². The van der Waals surface area contributed by atoms with E-state index in [1.54, 1.807) is 6.07 Å². The van der Waals surface area contributed by atoms with Crippen molar-refractivity contribution in [1.82, 2.24) is 4.31 Å². The highest BCUT2D eigenvalue weighted by Gasteiger charge is 2.40. The monoisotopic (exact) mass is 367 g/mol.